The molecule has 3 nitrogen and oxygen atoms in total. The van der Waals surface area contributed by atoms with E-state index in [1.807, 2.05) is 38.1 Å². The molecular formula is C11H17BrO3. The molecule has 4 heteroatoms. The summed E-state index contributed by atoms with van der Waals surface area (Å²) in [6.45, 7) is 5.08. The minimum atomic E-state index is -0.833. The van der Waals surface area contributed by atoms with E-state index < -0.39 is 5.97 Å². The highest BCUT2D eigenvalue weighted by Gasteiger charge is 1.92. The average molecular weight is 277 g/mol. The van der Waals surface area contributed by atoms with Crippen LogP contribution in [0.4, 0.5) is 0 Å². The number of ether oxygens (including phenoxy) is 1. The van der Waals surface area contributed by atoms with Crippen LogP contribution >= 0.6 is 15.9 Å². The van der Waals surface area contributed by atoms with Gasteiger partial charge in [-0.15, -0.1) is 0 Å². The molecule has 0 aliphatic heterocycles. The molecule has 1 aromatic rings. The van der Waals surface area contributed by atoms with Gasteiger partial charge in [-0.1, -0.05) is 26.0 Å². The van der Waals surface area contributed by atoms with Crippen LogP contribution in [-0.4, -0.2) is 18.2 Å². The minimum Gasteiger partial charge on any atom is -0.496 e. The first-order chi connectivity index (χ1) is 7.07. The highest BCUT2D eigenvalue weighted by molar-refractivity contribution is 9.10. The van der Waals surface area contributed by atoms with Crippen LogP contribution in [0.1, 0.15) is 20.8 Å². The number of hydrogen-bond donors (Lipinski definition) is 1. The minimum absolute atomic E-state index is 0.833. The van der Waals surface area contributed by atoms with E-state index in [1.165, 1.54) is 0 Å². The normalized spacial score (nSPS) is 7.53. The second-order valence-corrected chi connectivity index (χ2v) is 3.01. The number of rotatable bonds is 1. The van der Waals surface area contributed by atoms with Crippen LogP contribution in [0.25, 0.3) is 0 Å². The zero-order chi connectivity index (χ0) is 12.3. The number of para-hydroxylation sites is 1. The SMILES string of the molecule is CC.CC(=O)O.COc1ccccc1Br. The second kappa shape index (κ2) is 11.0. The van der Waals surface area contributed by atoms with Crippen molar-refractivity contribution in [1.82, 2.24) is 0 Å². The standard InChI is InChI=1S/C7H7BrO.C2H4O2.C2H6/c1-9-7-5-3-2-4-6(7)8;1-2(3)4;1-2/h2-5H,1H3;1H3,(H,3,4);1-2H3. The number of aliphatic carboxylic acids is 1. The van der Waals surface area contributed by atoms with Gasteiger partial charge in [-0.05, 0) is 28.1 Å². The molecule has 0 fully saturated rings. The number of carboxylic acids is 1. The van der Waals surface area contributed by atoms with Gasteiger partial charge in [-0.3, -0.25) is 4.79 Å². The third kappa shape index (κ3) is 10.9. The zero-order valence-corrected chi connectivity index (χ0v) is 11.0. The number of halogens is 1. The summed E-state index contributed by atoms with van der Waals surface area (Å²) < 4.78 is 5.99. The fourth-order valence-corrected chi connectivity index (χ4v) is 1.06. The Labute approximate surface area is 99.2 Å². The Morgan fingerprint density at radius 2 is 1.73 bits per heavy atom. The Kier molecular flexibility index (Phi) is 12.1. The summed E-state index contributed by atoms with van der Waals surface area (Å²) in [5.74, 6) is 0.0394. The Morgan fingerprint density at radius 3 is 2.00 bits per heavy atom. The van der Waals surface area contributed by atoms with E-state index in [9.17, 15) is 0 Å². The smallest absolute Gasteiger partial charge is 0.300 e. The van der Waals surface area contributed by atoms with Crippen molar-refractivity contribution in [3.05, 3.63) is 28.7 Å². The van der Waals surface area contributed by atoms with E-state index in [0.29, 0.717) is 0 Å². The highest BCUT2D eigenvalue weighted by atomic mass is 79.9. The van der Waals surface area contributed by atoms with Crippen molar-refractivity contribution in [2.45, 2.75) is 20.8 Å². The molecule has 0 saturated carbocycles. The molecule has 15 heavy (non-hydrogen) atoms. The molecule has 0 heterocycles. The molecule has 1 N–H and O–H groups in total. The van der Waals surface area contributed by atoms with E-state index >= 15 is 0 Å². The molecule has 0 atom stereocenters. The molecule has 1 rings (SSSR count). The van der Waals surface area contributed by atoms with Crippen LogP contribution in [-0.2, 0) is 4.79 Å². The molecular weight excluding hydrogens is 260 g/mol. The molecule has 0 bridgehead atoms. The average Bonchev–Trinajstić information content (AvgIpc) is 2.21. The lowest BCUT2D eigenvalue weighted by molar-refractivity contribution is -0.134. The van der Waals surface area contributed by atoms with Crippen molar-refractivity contribution in [1.29, 1.82) is 0 Å². The van der Waals surface area contributed by atoms with Gasteiger partial charge in [0.1, 0.15) is 5.75 Å². The van der Waals surface area contributed by atoms with E-state index in [4.69, 9.17) is 14.6 Å². The van der Waals surface area contributed by atoms with Crippen molar-refractivity contribution < 1.29 is 14.6 Å². The molecule has 0 aliphatic rings. The Bertz CT molecular complexity index is 270. The van der Waals surface area contributed by atoms with Gasteiger partial charge in [0.05, 0.1) is 11.6 Å². The van der Waals surface area contributed by atoms with E-state index in [1.54, 1.807) is 7.11 Å². The molecule has 0 spiro atoms. The van der Waals surface area contributed by atoms with Gasteiger partial charge in [0, 0.05) is 6.92 Å². The number of methoxy groups -OCH3 is 1. The fraction of sp³-hybridized carbons (Fsp3) is 0.364. The van der Waals surface area contributed by atoms with E-state index in [2.05, 4.69) is 15.9 Å². The summed E-state index contributed by atoms with van der Waals surface area (Å²) in [5.41, 5.74) is 0. The van der Waals surface area contributed by atoms with Crippen molar-refractivity contribution in [3.63, 3.8) is 0 Å². The molecule has 1 aromatic carbocycles. The largest absolute Gasteiger partial charge is 0.496 e. The molecule has 0 aliphatic carbocycles. The third-order valence-corrected chi connectivity index (χ3v) is 1.71. The first kappa shape index (κ1) is 16.4. The van der Waals surface area contributed by atoms with Crippen LogP contribution in [0.2, 0.25) is 0 Å². The topological polar surface area (TPSA) is 46.5 Å². The van der Waals surface area contributed by atoms with Crippen LogP contribution < -0.4 is 4.74 Å². The zero-order valence-electron chi connectivity index (χ0n) is 9.45. The summed E-state index contributed by atoms with van der Waals surface area (Å²) in [4.78, 5) is 9.00. The summed E-state index contributed by atoms with van der Waals surface area (Å²) >= 11 is 3.33. The van der Waals surface area contributed by atoms with Gasteiger partial charge in [0.25, 0.3) is 5.97 Å². The number of hydrogen-bond acceptors (Lipinski definition) is 2. The first-order valence-electron chi connectivity index (χ1n) is 4.56. The van der Waals surface area contributed by atoms with Crippen molar-refractivity contribution in [2.24, 2.45) is 0 Å². The van der Waals surface area contributed by atoms with E-state index in [-0.39, 0.29) is 0 Å². The lowest BCUT2D eigenvalue weighted by Crippen LogP contribution is -1.81. The van der Waals surface area contributed by atoms with Crippen LogP contribution in [0.3, 0.4) is 0 Å². The van der Waals surface area contributed by atoms with E-state index in [0.717, 1.165) is 17.1 Å². The molecule has 0 unspecified atom stereocenters. The Morgan fingerprint density at radius 1 is 1.33 bits per heavy atom. The maximum Gasteiger partial charge on any atom is 0.300 e. The van der Waals surface area contributed by atoms with Crippen molar-refractivity contribution in [2.75, 3.05) is 7.11 Å². The maximum absolute atomic E-state index is 9.00. The number of carbonyl (C=O) groups is 1. The molecule has 86 valence electrons. The van der Waals surface area contributed by atoms with Gasteiger partial charge in [0.15, 0.2) is 0 Å². The van der Waals surface area contributed by atoms with Gasteiger partial charge >= 0.3 is 0 Å². The van der Waals surface area contributed by atoms with Crippen LogP contribution in [0, 0.1) is 0 Å². The van der Waals surface area contributed by atoms with Gasteiger partial charge < -0.3 is 9.84 Å². The summed E-state index contributed by atoms with van der Waals surface area (Å²) in [5, 5.41) is 7.42. The van der Waals surface area contributed by atoms with Crippen molar-refractivity contribution in [3.8, 4) is 5.75 Å². The van der Waals surface area contributed by atoms with Crippen LogP contribution in [0.15, 0.2) is 28.7 Å². The predicted molar refractivity (Wildman–Crippen MR) is 65.4 cm³/mol. The fourth-order valence-electron chi connectivity index (χ4n) is 0.610. The summed E-state index contributed by atoms with van der Waals surface area (Å²) in [6.07, 6.45) is 0. The lowest BCUT2D eigenvalue weighted by atomic mass is 10.3. The highest BCUT2D eigenvalue weighted by Crippen LogP contribution is 2.22. The summed E-state index contributed by atoms with van der Waals surface area (Å²) in [7, 11) is 1.65. The lowest BCUT2D eigenvalue weighted by Gasteiger charge is -1.99. The maximum atomic E-state index is 9.00. The molecule has 0 aromatic heterocycles. The number of benzene rings is 1. The molecule has 0 radical (unpaired) electrons. The number of carboxylic acid groups (broad SMARTS) is 1. The molecule has 0 saturated heterocycles. The first-order valence-corrected chi connectivity index (χ1v) is 5.35. The predicted octanol–water partition coefficient (Wildman–Crippen LogP) is 3.57. The third-order valence-electron chi connectivity index (χ3n) is 1.06. The van der Waals surface area contributed by atoms with Crippen LogP contribution in [0.5, 0.6) is 5.75 Å². The quantitative estimate of drug-likeness (QED) is 0.853. The Hall–Kier alpha value is -1.03. The summed E-state index contributed by atoms with van der Waals surface area (Å²) in [6, 6.07) is 7.74. The molecule has 0 amide bonds. The van der Waals surface area contributed by atoms with Gasteiger partial charge in [-0.2, -0.15) is 0 Å². The van der Waals surface area contributed by atoms with Gasteiger partial charge in [0.2, 0.25) is 0 Å². The second-order valence-electron chi connectivity index (χ2n) is 2.15. The monoisotopic (exact) mass is 276 g/mol. The van der Waals surface area contributed by atoms with Gasteiger partial charge in [-0.25, -0.2) is 0 Å². The van der Waals surface area contributed by atoms with Crippen molar-refractivity contribution >= 4 is 21.9 Å². The Balaban J connectivity index is 0.